The van der Waals surface area contributed by atoms with Crippen molar-refractivity contribution in [3.63, 3.8) is 0 Å². The van der Waals surface area contributed by atoms with E-state index in [0.717, 1.165) is 45.1 Å². The highest BCUT2D eigenvalue weighted by Gasteiger charge is 2.31. The summed E-state index contributed by atoms with van der Waals surface area (Å²) in [4.78, 5) is 9.77. The molecule has 2 aromatic heterocycles. The quantitative estimate of drug-likeness (QED) is 0.153. The van der Waals surface area contributed by atoms with Crippen molar-refractivity contribution in [3.05, 3.63) is 197 Å². The molecule has 0 aliphatic carbocycles. The third kappa shape index (κ3) is 8.20. The van der Waals surface area contributed by atoms with E-state index in [2.05, 4.69) is 248 Å². The average molecular weight is 843 g/mol. The van der Waals surface area contributed by atoms with Crippen molar-refractivity contribution in [2.24, 2.45) is 0 Å². The number of ether oxygens (including phenoxy) is 1. The lowest BCUT2D eigenvalue weighted by Gasteiger charge is -2.32. The molecular formula is C59H62N4O. The monoisotopic (exact) mass is 842 g/mol. The first kappa shape index (κ1) is 42.7. The van der Waals surface area contributed by atoms with Crippen LogP contribution in [0.25, 0.3) is 33.3 Å². The molecule has 8 aromatic rings. The smallest absolute Gasteiger partial charge is 0.137 e. The van der Waals surface area contributed by atoms with Crippen LogP contribution >= 0.6 is 0 Å². The third-order valence-electron chi connectivity index (χ3n) is 13.1. The fraction of sp³-hybridized carbons (Fsp3) is 0.271. The second-order valence-corrected chi connectivity index (χ2v) is 21.2. The Morgan fingerprint density at radius 2 is 1.08 bits per heavy atom. The van der Waals surface area contributed by atoms with Crippen LogP contribution in [0.3, 0.4) is 0 Å². The molecular weight excluding hydrogens is 781 g/mol. The summed E-state index contributed by atoms with van der Waals surface area (Å²) in [5, 5.41) is 2.35. The van der Waals surface area contributed by atoms with Crippen LogP contribution in [0.4, 0.5) is 11.4 Å². The number of pyridine rings is 1. The summed E-state index contributed by atoms with van der Waals surface area (Å²) in [6, 6.07) is 55.0. The summed E-state index contributed by atoms with van der Waals surface area (Å²) in [6.45, 7) is 25.8. The zero-order chi connectivity index (χ0) is 45.2. The van der Waals surface area contributed by atoms with Gasteiger partial charge in [0.25, 0.3) is 0 Å². The predicted molar refractivity (Wildman–Crippen MR) is 270 cm³/mol. The normalized spacial score (nSPS) is 13.8. The molecule has 64 heavy (non-hydrogen) atoms. The summed E-state index contributed by atoms with van der Waals surface area (Å²) in [7, 11) is 0. The zero-order valence-corrected chi connectivity index (χ0v) is 39.5. The summed E-state index contributed by atoms with van der Waals surface area (Å²) in [6.07, 6.45) is 4.25. The van der Waals surface area contributed by atoms with E-state index in [0.29, 0.717) is 6.67 Å². The minimum atomic E-state index is -0.203. The Labute approximate surface area is 380 Å². The number of nitrogens with zero attached hydrogens (tertiary/aromatic N) is 4. The third-order valence-corrected chi connectivity index (χ3v) is 13.1. The molecule has 3 heterocycles. The van der Waals surface area contributed by atoms with E-state index < -0.39 is 0 Å². The first-order valence-electron chi connectivity index (χ1n) is 22.7. The Hall–Kier alpha value is -6.59. The maximum atomic E-state index is 6.96. The maximum absolute atomic E-state index is 6.96. The largest absolute Gasteiger partial charge is 0.457 e. The van der Waals surface area contributed by atoms with Gasteiger partial charge in [-0.3, -0.25) is 4.57 Å². The molecule has 9 rings (SSSR count). The van der Waals surface area contributed by atoms with Crippen molar-refractivity contribution < 1.29 is 4.74 Å². The molecule has 1 aliphatic rings. The van der Waals surface area contributed by atoms with Gasteiger partial charge in [0.2, 0.25) is 0 Å². The maximum Gasteiger partial charge on any atom is 0.137 e. The molecule has 0 amide bonds. The topological polar surface area (TPSA) is 33.5 Å². The van der Waals surface area contributed by atoms with Crippen LogP contribution in [0, 0.1) is 0 Å². The SMILES string of the molecule is CC(C)(C)c1cc(Oc2ccc3c4ccccc4n(-c4cc(C(C)(C)C)ccn4)c3c2)cc(N2C=C(c3ccccc3)N(c3cc(C(C)(C)C)cc(C(C)(C)c4ccccc4)c3)C2)c1. The Kier molecular flexibility index (Phi) is 10.6. The van der Waals surface area contributed by atoms with Gasteiger partial charge in [0.05, 0.1) is 23.4 Å². The standard InChI is InChI=1S/C59H62N4O/c1-56(2,3)42-28-29-60-55(35-42)63-52-25-19-18-24-50(52)51-27-26-48(37-53(51)63)64-49-34-44(58(7,8)9)31-46(36-49)61-38-54(40-20-14-12-15-21-40)62(39-61)47-32-43(57(4,5)6)30-45(33-47)59(10,11)41-22-16-13-17-23-41/h12-38H,39H2,1-11H3. The van der Waals surface area contributed by atoms with Crippen LogP contribution in [-0.2, 0) is 21.7 Å². The van der Waals surface area contributed by atoms with Crippen LogP contribution in [0.5, 0.6) is 11.5 Å². The number of aromatic nitrogens is 2. The molecule has 0 saturated heterocycles. The molecule has 0 N–H and O–H groups in total. The number of fused-ring (bicyclic) bond motifs is 3. The molecule has 0 atom stereocenters. The van der Waals surface area contributed by atoms with Gasteiger partial charge in [0.1, 0.15) is 17.3 Å². The number of rotatable bonds is 8. The molecule has 0 radical (unpaired) electrons. The van der Waals surface area contributed by atoms with Gasteiger partial charge in [-0.2, -0.15) is 0 Å². The second-order valence-electron chi connectivity index (χ2n) is 21.2. The zero-order valence-electron chi connectivity index (χ0n) is 39.5. The predicted octanol–water partition coefficient (Wildman–Crippen LogP) is 15.5. The molecule has 0 unspecified atom stereocenters. The minimum Gasteiger partial charge on any atom is -0.457 e. The number of anilines is 2. The summed E-state index contributed by atoms with van der Waals surface area (Å²) >= 11 is 0. The Morgan fingerprint density at radius 1 is 0.469 bits per heavy atom. The van der Waals surface area contributed by atoms with Gasteiger partial charge in [-0.05, 0) is 104 Å². The van der Waals surface area contributed by atoms with Gasteiger partial charge in [-0.15, -0.1) is 0 Å². The van der Waals surface area contributed by atoms with Gasteiger partial charge >= 0.3 is 0 Å². The van der Waals surface area contributed by atoms with E-state index in [1.54, 1.807) is 0 Å². The van der Waals surface area contributed by atoms with E-state index in [1.165, 1.54) is 44.5 Å². The molecule has 0 bridgehead atoms. The van der Waals surface area contributed by atoms with E-state index in [1.807, 2.05) is 6.20 Å². The fourth-order valence-electron chi connectivity index (χ4n) is 8.93. The van der Waals surface area contributed by atoms with Crippen LogP contribution in [0.15, 0.2) is 164 Å². The van der Waals surface area contributed by atoms with Crippen LogP contribution in [-0.4, -0.2) is 16.2 Å². The van der Waals surface area contributed by atoms with E-state index in [4.69, 9.17) is 9.72 Å². The lowest BCUT2D eigenvalue weighted by molar-refractivity contribution is 0.479. The van der Waals surface area contributed by atoms with Crippen molar-refractivity contribution in [2.45, 2.75) is 97.8 Å². The Balaban J connectivity index is 1.14. The number of hydrogen-bond acceptors (Lipinski definition) is 4. The first-order chi connectivity index (χ1) is 30.3. The van der Waals surface area contributed by atoms with Gasteiger partial charge in [-0.25, -0.2) is 4.98 Å². The van der Waals surface area contributed by atoms with Crippen molar-refractivity contribution in [3.8, 4) is 17.3 Å². The van der Waals surface area contributed by atoms with E-state index in [9.17, 15) is 0 Å². The lowest BCUT2D eigenvalue weighted by atomic mass is 9.75. The number of hydrogen-bond donors (Lipinski definition) is 0. The molecule has 0 saturated carbocycles. The van der Waals surface area contributed by atoms with Crippen molar-refractivity contribution >= 4 is 38.9 Å². The summed E-state index contributed by atoms with van der Waals surface area (Å²) in [5.74, 6) is 2.47. The fourth-order valence-corrected chi connectivity index (χ4v) is 8.93. The van der Waals surface area contributed by atoms with Crippen LogP contribution in [0.2, 0.25) is 0 Å². The highest BCUT2D eigenvalue weighted by molar-refractivity contribution is 6.09. The van der Waals surface area contributed by atoms with E-state index >= 15 is 0 Å². The molecule has 5 heteroatoms. The molecule has 324 valence electrons. The Morgan fingerprint density at radius 3 is 1.78 bits per heavy atom. The molecule has 0 fully saturated rings. The highest BCUT2D eigenvalue weighted by atomic mass is 16.5. The molecule has 0 spiro atoms. The lowest BCUT2D eigenvalue weighted by Crippen LogP contribution is -2.28. The summed E-state index contributed by atoms with van der Waals surface area (Å²) < 4.78 is 9.24. The minimum absolute atomic E-state index is 0.0113. The summed E-state index contributed by atoms with van der Waals surface area (Å²) in [5.41, 5.74) is 12.7. The van der Waals surface area contributed by atoms with E-state index in [-0.39, 0.29) is 21.7 Å². The molecule has 5 nitrogen and oxygen atoms in total. The first-order valence-corrected chi connectivity index (χ1v) is 22.7. The van der Waals surface area contributed by atoms with Crippen molar-refractivity contribution in [2.75, 3.05) is 16.5 Å². The molecule has 1 aliphatic heterocycles. The molecule has 6 aromatic carbocycles. The second kappa shape index (κ2) is 15.9. The number of benzene rings is 6. The van der Waals surface area contributed by atoms with Gasteiger partial charge < -0.3 is 14.5 Å². The Bertz CT molecular complexity index is 3030. The van der Waals surface area contributed by atoms with Crippen molar-refractivity contribution in [1.82, 2.24) is 9.55 Å². The van der Waals surface area contributed by atoms with Gasteiger partial charge in [-0.1, -0.05) is 161 Å². The van der Waals surface area contributed by atoms with Gasteiger partial charge in [0, 0.05) is 52.1 Å². The average Bonchev–Trinajstić information content (AvgIpc) is 3.86. The highest BCUT2D eigenvalue weighted by Crippen LogP contribution is 2.43. The van der Waals surface area contributed by atoms with Gasteiger partial charge in [0.15, 0.2) is 0 Å². The van der Waals surface area contributed by atoms with Crippen LogP contribution < -0.4 is 14.5 Å². The number of para-hydroxylation sites is 1. The van der Waals surface area contributed by atoms with Crippen molar-refractivity contribution in [1.29, 1.82) is 0 Å². The van der Waals surface area contributed by atoms with Crippen LogP contribution in [0.1, 0.15) is 110 Å².